The second kappa shape index (κ2) is 6.37. The van der Waals surface area contributed by atoms with Crippen molar-refractivity contribution in [3.05, 3.63) is 36.2 Å². The van der Waals surface area contributed by atoms with Crippen molar-refractivity contribution in [1.82, 2.24) is 9.97 Å². The lowest BCUT2D eigenvalue weighted by Gasteiger charge is -2.11. The maximum Gasteiger partial charge on any atom is 0.130 e. The molecule has 1 N–H and O–H groups in total. The minimum atomic E-state index is 0.183. The molecular formula is C16H21N3O. The lowest BCUT2D eigenvalue weighted by Crippen LogP contribution is -2.05. The molecule has 0 bridgehead atoms. The Balaban J connectivity index is 2.26. The molecule has 2 rings (SSSR count). The van der Waals surface area contributed by atoms with Crippen molar-refractivity contribution in [2.75, 3.05) is 11.9 Å². The summed E-state index contributed by atoms with van der Waals surface area (Å²) < 4.78 is 5.65. The van der Waals surface area contributed by atoms with Gasteiger partial charge in [0.15, 0.2) is 0 Å². The Morgan fingerprint density at radius 2 is 1.85 bits per heavy atom. The number of nitrogens with zero attached hydrogens (tertiary/aromatic N) is 2. The van der Waals surface area contributed by atoms with Gasteiger partial charge in [-0.1, -0.05) is 0 Å². The predicted molar refractivity (Wildman–Crippen MR) is 82.1 cm³/mol. The number of rotatable bonds is 5. The van der Waals surface area contributed by atoms with Crippen LogP contribution in [0.1, 0.15) is 26.6 Å². The summed E-state index contributed by atoms with van der Waals surface area (Å²) in [5, 5.41) is 3.22. The normalized spacial score (nSPS) is 10.7. The van der Waals surface area contributed by atoms with Gasteiger partial charge in [0.25, 0.3) is 0 Å². The van der Waals surface area contributed by atoms with Crippen LogP contribution in [-0.4, -0.2) is 22.6 Å². The highest BCUT2D eigenvalue weighted by atomic mass is 16.5. The number of hydrogen-bond acceptors (Lipinski definition) is 4. The maximum atomic E-state index is 5.65. The molecule has 0 aliphatic heterocycles. The Kier molecular flexibility index (Phi) is 4.56. The van der Waals surface area contributed by atoms with E-state index in [1.807, 2.05) is 51.1 Å². The van der Waals surface area contributed by atoms with Crippen molar-refractivity contribution in [2.45, 2.75) is 33.8 Å². The van der Waals surface area contributed by atoms with E-state index >= 15 is 0 Å². The van der Waals surface area contributed by atoms with Gasteiger partial charge in [-0.2, -0.15) is 0 Å². The molecule has 106 valence electrons. The summed E-state index contributed by atoms with van der Waals surface area (Å²) in [5.41, 5.74) is 1.98. The van der Waals surface area contributed by atoms with E-state index in [-0.39, 0.29) is 6.10 Å². The summed E-state index contributed by atoms with van der Waals surface area (Å²) in [6.07, 6.45) is 0.183. The lowest BCUT2D eigenvalue weighted by molar-refractivity contribution is 0.242. The topological polar surface area (TPSA) is 47.0 Å². The zero-order valence-electron chi connectivity index (χ0n) is 12.5. The van der Waals surface area contributed by atoms with Crippen LogP contribution in [0.5, 0.6) is 5.75 Å². The Labute approximate surface area is 120 Å². The van der Waals surface area contributed by atoms with E-state index in [2.05, 4.69) is 22.2 Å². The van der Waals surface area contributed by atoms with E-state index in [4.69, 9.17) is 4.74 Å². The Morgan fingerprint density at radius 3 is 2.45 bits per heavy atom. The number of anilines is 1. The van der Waals surface area contributed by atoms with Crippen LogP contribution >= 0.6 is 0 Å². The van der Waals surface area contributed by atoms with Gasteiger partial charge in [-0.15, -0.1) is 0 Å². The minimum Gasteiger partial charge on any atom is -0.491 e. The van der Waals surface area contributed by atoms with Crippen LogP contribution in [0.4, 0.5) is 5.82 Å². The van der Waals surface area contributed by atoms with Crippen LogP contribution in [0.3, 0.4) is 0 Å². The molecule has 0 radical (unpaired) electrons. The van der Waals surface area contributed by atoms with Gasteiger partial charge in [0.1, 0.15) is 17.4 Å². The first-order valence-electron chi connectivity index (χ1n) is 6.95. The third-order valence-electron chi connectivity index (χ3n) is 2.72. The van der Waals surface area contributed by atoms with Crippen LogP contribution < -0.4 is 10.1 Å². The molecule has 20 heavy (non-hydrogen) atoms. The standard InChI is InChI=1S/C16H21N3O/c1-5-17-16-10-15(18-12(4)19-16)13-6-8-14(9-7-13)20-11(2)3/h6-11H,5H2,1-4H3,(H,17,18,19). The smallest absolute Gasteiger partial charge is 0.130 e. The van der Waals surface area contributed by atoms with E-state index in [9.17, 15) is 0 Å². The fourth-order valence-electron chi connectivity index (χ4n) is 1.96. The highest BCUT2D eigenvalue weighted by Gasteiger charge is 2.05. The average Bonchev–Trinajstić information content (AvgIpc) is 2.38. The van der Waals surface area contributed by atoms with Crippen LogP contribution in [0.2, 0.25) is 0 Å². The highest BCUT2D eigenvalue weighted by Crippen LogP contribution is 2.23. The van der Waals surface area contributed by atoms with Crippen molar-refractivity contribution in [2.24, 2.45) is 0 Å². The number of ether oxygens (including phenoxy) is 1. The molecule has 0 unspecified atom stereocenters. The van der Waals surface area contributed by atoms with Gasteiger partial charge in [-0.25, -0.2) is 9.97 Å². The first kappa shape index (κ1) is 14.3. The van der Waals surface area contributed by atoms with Gasteiger partial charge in [-0.3, -0.25) is 0 Å². The molecule has 1 heterocycles. The minimum absolute atomic E-state index is 0.183. The summed E-state index contributed by atoms with van der Waals surface area (Å²) in [6, 6.07) is 9.96. The molecule has 1 aromatic carbocycles. The summed E-state index contributed by atoms with van der Waals surface area (Å²) in [5.74, 6) is 2.50. The van der Waals surface area contributed by atoms with E-state index in [0.29, 0.717) is 0 Å². The SMILES string of the molecule is CCNc1cc(-c2ccc(OC(C)C)cc2)nc(C)n1. The van der Waals surface area contributed by atoms with Crippen LogP contribution in [0.15, 0.2) is 30.3 Å². The molecule has 0 atom stereocenters. The number of benzene rings is 1. The monoisotopic (exact) mass is 271 g/mol. The van der Waals surface area contributed by atoms with Crippen molar-refractivity contribution in [3.8, 4) is 17.0 Å². The van der Waals surface area contributed by atoms with E-state index in [1.54, 1.807) is 0 Å². The van der Waals surface area contributed by atoms with Crippen LogP contribution in [0, 0.1) is 6.92 Å². The molecule has 4 nitrogen and oxygen atoms in total. The molecule has 0 saturated heterocycles. The summed E-state index contributed by atoms with van der Waals surface area (Å²) in [7, 11) is 0. The first-order valence-corrected chi connectivity index (χ1v) is 6.95. The maximum absolute atomic E-state index is 5.65. The van der Waals surface area contributed by atoms with Gasteiger partial charge in [0.2, 0.25) is 0 Å². The Bertz CT molecular complexity index is 564. The van der Waals surface area contributed by atoms with Crippen molar-refractivity contribution < 1.29 is 4.74 Å². The average molecular weight is 271 g/mol. The predicted octanol–water partition coefficient (Wildman–Crippen LogP) is 3.67. The van der Waals surface area contributed by atoms with E-state index in [1.165, 1.54) is 0 Å². The third-order valence-corrected chi connectivity index (χ3v) is 2.72. The number of nitrogens with one attached hydrogen (secondary N) is 1. The molecule has 0 fully saturated rings. The van der Waals surface area contributed by atoms with Gasteiger partial charge in [0, 0.05) is 18.2 Å². The molecule has 2 aromatic rings. The Morgan fingerprint density at radius 1 is 1.15 bits per heavy atom. The third kappa shape index (κ3) is 3.70. The zero-order chi connectivity index (χ0) is 14.5. The molecule has 0 amide bonds. The summed E-state index contributed by atoms with van der Waals surface area (Å²) >= 11 is 0. The molecule has 0 spiro atoms. The van der Waals surface area contributed by atoms with Gasteiger partial charge in [0.05, 0.1) is 11.8 Å². The van der Waals surface area contributed by atoms with Crippen molar-refractivity contribution >= 4 is 5.82 Å². The van der Waals surface area contributed by atoms with Crippen LogP contribution in [-0.2, 0) is 0 Å². The lowest BCUT2D eigenvalue weighted by atomic mass is 10.1. The van der Waals surface area contributed by atoms with Gasteiger partial charge >= 0.3 is 0 Å². The molecule has 4 heteroatoms. The number of aromatic nitrogens is 2. The largest absolute Gasteiger partial charge is 0.491 e. The Hall–Kier alpha value is -2.10. The fraction of sp³-hybridized carbons (Fsp3) is 0.375. The molecule has 0 aliphatic rings. The van der Waals surface area contributed by atoms with E-state index in [0.717, 1.165) is 35.2 Å². The van der Waals surface area contributed by atoms with Crippen molar-refractivity contribution in [3.63, 3.8) is 0 Å². The molecular weight excluding hydrogens is 250 g/mol. The summed E-state index contributed by atoms with van der Waals surface area (Å²) in [4.78, 5) is 8.84. The van der Waals surface area contributed by atoms with Crippen LogP contribution in [0.25, 0.3) is 11.3 Å². The molecule has 0 saturated carbocycles. The second-order valence-corrected chi connectivity index (χ2v) is 4.91. The zero-order valence-corrected chi connectivity index (χ0v) is 12.5. The molecule has 1 aromatic heterocycles. The summed E-state index contributed by atoms with van der Waals surface area (Å²) in [6.45, 7) is 8.83. The van der Waals surface area contributed by atoms with E-state index < -0.39 is 0 Å². The second-order valence-electron chi connectivity index (χ2n) is 4.91. The van der Waals surface area contributed by atoms with Crippen molar-refractivity contribution in [1.29, 1.82) is 0 Å². The fourth-order valence-corrected chi connectivity index (χ4v) is 1.96. The van der Waals surface area contributed by atoms with Gasteiger partial charge in [-0.05, 0) is 52.0 Å². The highest BCUT2D eigenvalue weighted by molar-refractivity contribution is 5.63. The number of aryl methyl sites for hydroxylation is 1. The first-order chi connectivity index (χ1) is 9.58. The molecule has 0 aliphatic carbocycles. The van der Waals surface area contributed by atoms with Gasteiger partial charge < -0.3 is 10.1 Å². The number of hydrogen-bond donors (Lipinski definition) is 1. The quantitative estimate of drug-likeness (QED) is 0.901.